The minimum absolute atomic E-state index is 1.07. The summed E-state index contributed by atoms with van der Waals surface area (Å²) < 4.78 is 2.39. The molecule has 5 heteroatoms. The van der Waals surface area contributed by atoms with Gasteiger partial charge in [0, 0.05) is 67.6 Å². The van der Waals surface area contributed by atoms with E-state index in [9.17, 15) is 0 Å². The highest BCUT2D eigenvalue weighted by Crippen LogP contribution is 2.44. The molecule has 10 aromatic rings. The molecule has 0 amide bonds. The third-order valence-corrected chi connectivity index (χ3v) is 11.3. The van der Waals surface area contributed by atoms with Gasteiger partial charge >= 0.3 is 0 Å². The molecule has 0 N–H and O–H groups in total. The van der Waals surface area contributed by atoms with Crippen LogP contribution in [0.4, 0.5) is 51.2 Å². The molecule has 2 bridgehead atoms. The maximum atomic E-state index is 2.41. The minimum Gasteiger partial charge on any atom is -0.311 e. The Morgan fingerprint density at radius 1 is 0.305 bits per heavy atom. The van der Waals surface area contributed by atoms with Crippen LogP contribution in [0.25, 0.3) is 27.5 Å². The largest absolute Gasteiger partial charge is 0.311 e. The first-order chi connectivity index (χ1) is 29.3. The highest BCUT2D eigenvalue weighted by atomic mass is 15.2. The molecule has 0 saturated carbocycles. The van der Waals surface area contributed by atoms with Crippen molar-refractivity contribution < 1.29 is 0 Å². The van der Waals surface area contributed by atoms with Gasteiger partial charge in [-0.1, -0.05) is 138 Å². The number of benzene rings is 9. The third kappa shape index (κ3) is 6.12. The molecule has 1 aliphatic heterocycles. The fourth-order valence-electron chi connectivity index (χ4n) is 8.72. The second-order valence-electron chi connectivity index (χ2n) is 14.9. The Morgan fingerprint density at radius 3 is 1.54 bits per heavy atom. The maximum Gasteiger partial charge on any atom is 0.197 e. The summed E-state index contributed by atoms with van der Waals surface area (Å²) in [6.07, 6.45) is 0. The lowest BCUT2D eigenvalue weighted by atomic mass is 9.62. The average Bonchev–Trinajstić information content (AvgIpc) is 3.63. The molecule has 9 aromatic carbocycles. The minimum atomic E-state index is 1.07. The van der Waals surface area contributed by atoms with Crippen LogP contribution >= 0.6 is 0 Å². The van der Waals surface area contributed by atoms with Crippen LogP contribution in [0.2, 0.25) is 0 Å². The molecule has 1 radical (unpaired) electrons. The average molecular weight is 754 g/mol. The van der Waals surface area contributed by atoms with Gasteiger partial charge in [-0.25, -0.2) is 0 Å². The van der Waals surface area contributed by atoms with Gasteiger partial charge in [0.1, 0.15) is 0 Å². The molecule has 2 heterocycles. The number of fused-ring (bicyclic) bond motifs is 7. The number of rotatable bonds is 6. The molecule has 0 aliphatic carbocycles. The van der Waals surface area contributed by atoms with Gasteiger partial charge in [-0.05, 0) is 103 Å². The summed E-state index contributed by atoms with van der Waals surface area (Å²) in [4.78, 5) is 7.14. The summed E-state index contributed by atoms with van der Waals surface area (Å²) in [5, 5.41) is 2.46. The molecule has 11 rings (SSSR count). The number of aromatic nitrogens is 1. The molecule has 1 aliphatic rings. The van der Waals surface area contributed by atoms with E-state index in [2.05, 4.69) is 257 Å². The van der Waals surface area contributed by atoms with Crippen LogP contribution < -0.4 is 25.6 Å². The number of hydrogen-bond donors (Lipinski definition) is 0. The fourth-order valence-corrected chi connectivity index (χ4v) is 8.72. The second-order valence-corrected chi connectivity index (χ2v) is 14.9. The zero-order chi connectivity index (χ0) is 39.1. The topological polar surface area (TPSA) is 14.7 Å². The molecular weight excluding hydrogens is 715 g/mol. The van der Waals surface area contributed by atoms with Crippen molar-refractivity contribution in [2.75, 3.05) is 14.7 Å². The summed E-state index contributed by atoms with van der Waals surface area (Å²) in [5.41, 5.74) is 15.5. The van der Waals surface area contributed by atoms with Crippen LogP contribution in [0.15, 0.2) is 231 Å². The lowest BCUT2D eigenvalue weighted by Crippen LogP contribution is -2.35. The van der Waals surface area contributed by atoms with Crippen LogP contribution in [0, 0.1) is 0 Å². The first kappa shape index (κ1) is 34.5. The number of anilines is 9. The van der Waals surface area contributed by atoms with E-state index < -0.39 is 0 Å². The van der Waals surface area contributed by atoms with Gasteiger partial charge in [0.25, 0.3) is 0 Å². The lowest BCUT2D eigenvalue weighted by molar-refractivity contribution is 1.18. The van der Waals surface area contributed by atoms with E-state index in [0.29, 0.717) is 0 Å². The number of para-hydroxylation sites is 6. The zero-order valence-electron chi connectivity index (χ0n) is 32.3. The predicted molar refractivity (Wildman–Crippen MR) is 250 cm³/mol. The van der Waals surface area contributed by atoms with Gasteiger partial charge < -0.3 is 19.3 Å². The summed E-state index contributed by atoms with van der Waals surface area (Å²) in [6.45, 7) is 0. The fraction of sp³-hybridized carbons (Fsp3) is 0. The van der Waals surface area contributed by atoms with Crippen LogP contribution in [0.3, 0.4) is 0 Å². The standard InChI is InChI=1S/C54H38BN4/c1-5-18-39(19-6-1)56(40-20-7-2-8-21-40)45-33-35-50-54(38-45)57(41-22-9-3-10-23-41)43-26-17-27-44(36-43)58(52-31-16-14-29-49(52)55-50)46-32-34-48-47-28-13-15-30-51(47)59(53(48)37-46)42-24-11-4-12-25-42/h1-38H. The van der Waals surface area contributed by atoms with E-state index >= 15 is 0 Å². The Labute approximate surface area is 345 Å². The van der Waals surface area contributed by atoms with Gasteiger partial charge in [-0.3, -0.25) is 0 Å². The van der Waals surface area contributed by atoms with E-state index in [1.807, 2.05) is 0 Å². The predicted octanol–water partition coefficient (Wildman–Crippen LogP) is 13.2. The highest BCUT2D eigenvalue weighted by molar-refractivity contribution is 6.70. The van der Waals surface area contributed by atoms with Gasteiger partial charge in [-0.15, -0.1) is 0 Å². The van der Waals surface area contributed by atoms with Crippen molar-refractivity contribution in [3.8, 4) is 5.69 Å². The third-order valence-electron chi connectivity index (χ3n) is 11.3. The van der Waals surface area contributed by atoms with Crippen molar-refractivity contribution in [1.82, 2.24) is 4.57 Å². The van der Waals surface area contributed by atoms with Crippen molar-refractivity contribution in [2.24, 2.45) is 0 Å². The molecule has 0 saturated heterocycles. The summed E-state index contributed by atoms with van der Waals surface area (Å²) in [7, 11) is 2.35. The van der Waals surface area contributed by atoms with Crippen molar-refractivity contribution >= 4 is 91.2 Å². The van der Waals surface area contributed by atoms with Gasteiger partial charge in [-0.2, -0.15) is 0 Å². The summed E-state index contributed by atoms with van der Waals surface area (Å²) in [6, 6.07) is 82.9. The smallest absolute Gasteiger partial charge is 0.197 e. The van der Waals surface area contributed by atoms with Crippen LogP contribution in [-0.2, 0) is 0 Å². The van der Waals surface area contributed by atoms with Crippen LogP contribution in [-0.4, -0.2) is 11.8 Å². The number of hydrogen-bond acceptors (Lipinski definition) is 3. The van der Waals surface area contributed by atoms with Gasteiger partial charge in [0.05, 0.1) is 11.0 Å². The van der Waals surface area contributed by atoms with E-state index in [1.165, 1.54) is 16.3 Å². The first-order valence-corrected chi connectivity index (χ1v) is 20.1. The Kier molecular flexibility index (Phi) is 8.56. The molecule has 0 spiro atoms. The van der Waals surface area contributed by atoms with Crippen LogP contribution in [0.1, 0.15) is 0 Å². The quantitative estimate of drug-likeness (QED) is 0.157. The first-order valence-electron chi connectivity index (χ1n) is 20.1. The van der Waals surface area contributed by atoms with Crippen molar-refractivity contribution in [3.05, 3.63) is 231 Å². The molecular formula is C54H38BN4. The van der Waals surface area contributed by atoms with E-state index in [4.69, 9.17) is 0 Å². The normalized spacial score (nSPS) is 12.1. The van der Waals surface area contributed by atoms with Crippen molar-refractivity contribution in [2.45, 2.75) is 0 Å². The SMILES string of the molecule is [B]1c2ccccc2N(c2ccc3c4ccccc4n(-c4ccccc4)c3c2)c2cccc(c2)N(c2ccccc2)c2cc(N(c3ccccc3)c3ccccc3)ccc21. The Balaban J connectivity index is 1.14. The monoisotopic (exact) mass is 753 g/mol. The summed E-state index contributed by atoms with van der Waals surface area (Å²) in [5.74, 6) is 0. The Hall–Kier alpha value is -7.76. The van der Waals surface area contributed by atoms with E-state index in [1.54, 1.807) is 0 Å². The van der Waals surface area contributed by atoms with Crippen molar-refractivity contribution in [3.63, 3.8) is 0 Å². The van der Waals surface area contributed by atoms with E-state index in [-0.39, 0.29) is 0 Å². The molecule has 4 nitrogen and oxygen atoms in total. The highest BCUT2D eigenvalue weighted by Gasteiger charge is 2.26. The molecule has 0 unspecified atom stereocenters. The molecule has 59 heavy (non-hydrogen) atoms. The molecule has 1 aromatic heterocycles. The molecule has 0 fully saturated rings. The molecule has 277 valence electrons. The lowest BCUT2D eigenvalue weighted by Gasteiger charge is -2.34. The maximum absolute atomic E-state index is 2.41. The Bertz CT molecular complexity index is 3050. The Morgan fingerprint density at radius 2 is 0.831 bits per heavy atom. The second kappa shape index (κ2) is 14.6. The zero-order valence-corrected chi connectivity index (χ0v) is 32.3. The molecule has 0 atom stereocenters. The number of nitrogens with zero attached hydrogens (tertiary/aromatic N) is 4. The van der Waals surface area contributed by atoms with Crippen LogP contribution in [0.5, 0.6) is 0 Å². The van der Waals surface area contributed by atoms with Gasteiger partial charge in [0.2, 0.25) is 0 Å². The van der Waals surface area contributed by atoms with Crippen molar-refractivity contribution in [1.29, 1.82) is 0 Å². The van der Waals surface area contributed by atoms with E-state index in [0.717, 1.165) is 73.3 Å². The summed E-state index contributed by atoms with van der Waals surface area (Å²) >= 11 is 0. The van der Waals surface area contributed by atoms with Gasteiger partial charge in [0.15, 0.2) is 7.28 Å².